The minimum absolute atomic E-state index is 0.167. The van der Waals surface area contributed by atoms with Gasteiger partial charge in [0.25, 0.3) is 5.91 Å². The molecule has 1 amide bonds. The van der Waals surface area contributed by atoms with E-state index >= 15 is 0 Å². The number of hydrogen-bond donors (Lipinski definition) is 2. The Kier molecular flexibility index (Phi) is 4.08. The van der Waals surface area contributed by atoms with E-state index in [1.165, 1.54) is 6.92 Å². The number of nitriles is 1. The molecule has 2 aliphatic rings. The number of nitrogens with zero attached hydrogens (tertiary/aromatic N) is 4. The quantitative estimate of drug-likeness (QED) is 0.871. The monoisotopic (exact) mass is 353 g/mol. The summed E-state index contributed by atoms with van der Waals surface area (Å²) in [5.41, 5.74) is 2.31. The fourth-order valence-electron chi connectivity index (χ4n) is 4.67. The van der Waals surface area contributed by atoms with Gasteiger partial charge >= 0.3 is 0 Å². The average molecular weight is 353 g/mol. The summed E-state index contributed by atoms with van der Waals surface area (Å²) < 4.78 is 0. The number of carbonyl (C=O) groups excluding carboxylic acids is 1. The molecule has 2 aromatic heterocycles. The van der Waals surface area contributed by atoms with E-state index in [2.05, 4.69) is 20.9 Å². The molecule has 136 valence electrons. The maximum Gasteiger partial charge on any atom is 0.251 e. The Hall–Kier alpha value is -2.59. The molecule has 1 aliphatic carbocycles. The van der Waals surface area contributed by atoms with Crippen LogP contribution in [0, 0.1) is 23.2 Å². The van der Waals surface area contributed by atoms with E-state index in [9.17, 15) is 15.2 Å². The number of carbonyl (C=O) groups is 1. The van der Waals surface area contributed by atoms with Crippen molar-refractivity contribution in [1.29, 1.82) is 5.26 Å². The molecule has 0 radical (unpaired) electrons. The number of anilines is 1. The smallest absolute Gasteiger partial charge is 0.251 e. The Morgan fingerprint density at radius 3 is 2.77 bits per heavy atom. The second kappa shape index (κ2) is 6.29. The van der Waals surface area contributed by atoms with Crippen LogP contribution in [0.1, 0.15) is 25.3 Å². The molecule has 1 saturated heterocycles. The molecule has 1 saturated carbocycles. The fraction of sp³-hybridized carbons (Fsp3) is 0.526. The van der Waals surface area contributed by atoms with E-state index in [0.29, 0.717) is 23.4 Å². The summed E-state index contributed by atoms with van der Waals surface area (Å²) in [5, 5.41) is 20.0. The lowest BCUT2D eigenvalue weighted by Crippen LogP contribution is -2.38. The number of aliphatic hydroxyl groups is 1. The number of aromatic nitrogens is 2. The van der Waals surface area contributed by atoms with E-state index in [1.54, 1.807) is 11.1 Å². The highest BCUT2D eigenvalue weighted by Crippen LogP contribution is 2.42. The molecule has 7 nitrogen and oxygen atoms in total. The summed E-state index contributed by atoms with van der Waals surface area (Å²) in [4.78, 5) is 23.5. The highest BCUT2D eigenvalue weighted by Gasteiger charge is 2.44. The number of amides is 1. The first-order valence-electron chi connectivity index (χ1n) is 9.05. The van der Waals surface area contributed by atoms with Crippen LogP contribution < -0.4 is 4.90 Å². The van der Waals surface area contributed by atoms with Crippen LogP contribution in [0.3, 0.4) is 0 Å². The van der Waals surface area contributed by atoms with Gasteiger partial charge in [0, 0.05) is 44.0 Å². The van der Waals surface area contributed by atoms with E-state index in [-0.39, 0.29) is 5.91 Å². The molecular weight excluding hydrogens is 330 g/mol. The van der Waals surface area contributed by atoms with Gasteiger partial charge in [-0.05, 0) is 37.7 Å². The second-order valence-corrected chi connectivity index (χ2v) is 7.55. The Morgan fingerprint density at radius 1 is 1.46 bits per heavy atom. The van der Waals surface area contributed by atoms with Gasteiger partial charge in [-0.25, -0.2) is 4.98 Å². The van der Waals surface area contributed by atoms with Gasteiger partial charge in [0.15, 0.2) is 0 Å². The van der Waals surface area contributed by atoms with Gasteiger partial charge < -0.3 is 19.9 Å². The van der Waals surface area contributed by atoms with Gasteiger partial charge in [0.2, 0.25) is 0 Å². The third-order valence-electron chi connectivity index (χ3n) is 5.97. The molecule has 2 fully saturated rings. The van der Waals surface area contributed by atoms with E-state index in [1.807, 2.05) is 19.3 Å². The fourth-order valence-corrected chi connectivity index (χ4v) is 4.67. The van der Waals surface area contributed by atoms with Gasteiger partial charge in [-0.1, -0.05) is 0 Å². The van der Waals surface area contributed by atoms with Crippen molar-refractivity contribution in [1.82, 2.24) is 14.9 Å². The number of rotatable bonds is 3. The third kappa shape index (κ3) is 2.61. The lowest BCUT2D eigenvalue weighted by molar-refractivity contribution is -0.138. The zero-order valence-corrected chi connectivity index (χ0v) is 15.0. The highest BCUT2D eigenvalue weighted by atomic mass is 16.3. The Bertz CT molecular complexity index is 870. The number of H-pyrrole nitrogens is 1. The number of aromatic amines is 1. The number of aliphatic hydroxyl groups excluding tert-OH is 1. The van der Waals surface area contributed by atoms with Crippen LogP contribution in [0.5, 0.6) is 0 Å². The highest BCUT2D eigenvalue weighted by molar-refractivity contribution is 5.93. The standard InChI is InChI=1S/C19H23N5O2/c1-11(25)19(26)24-9-12-5-15(6-13(12)10-24)23(2)17-14(7-20)8-22-18-16(17)3-4-21-18/h3-4,8,11-13,15,25H,5-6,9-10H2,1-2H3,(H,21,22)/t11-,12?,13?,15?/m0/s1. The van der Waals surface area contributed by atoms with Crippen molar-refractivity contribution < 1.29 is 9.90 Å². The van der Waals surface area contributed by atoms with Gasteiger partial charge in [-0.15, -0.1) is 0 Å². The largest absolute Gasteiger partial charge is 0.384 e. The predicted molar refractivity (Wildman–Crippen MR) is 97.5 cm³/mol. The van der Waals surface area contributed by atoms with Gasteiger partial charge in [0.05, 0.1) is 11.3 Å². The van der Waals surface area contributed by atoms with Crippen molar-refractivity contribution in [2.45, 2.75) is 31.9 Å². The van der Waals surface area contributed by atoms with Crippen LogP contribution in [0.4, 0.5) is 5.69 Å². The maximum atomic E-state index is 12.0. The van der Waals surface area contributed by atoms with Crippen molar-refractivity contribution in [2.75, 3.05) is 25.0 Å². The molecule has 4 rings (SSSR count). The Balaban J connectivity index is 1.54. The number of fused-ring (bicyclic) bond motifs is 2. The van der Waals surface area contributed by atoms with Crippen molar-refractivity contribution >= 4 is 22.6 Å². The maximum absolute atomic E-state index is 12.0. The predicted octanol–water partition coefficient (Wildman–Crippen LogP) is 1.49. The lowest BCUT2D eigenvalue weighted by atomic mass is 10.0. The Labute approximate surface area is 152 Å². The van der Waals surface area contributed by atoms with Crippen molar-refractivity contribution in [3.05, 3.63) is 24.0 Å². The molecule has 2 N–H and O–H groups in total. The van der Waals surface area contributed by atoms with E-state index < -0.39 is 6.10 Å². The molecular formula is C19H23N5O2. The van der Waals surface area contributed by atoms with Crippen LogP contribution in [0.15, 0.2) is 18.5 Å². The molecule has 0 aromatic carbocycles. The zero-order chi connectivity index (χ0) is 18.4. The molecule has 3 heterocycles. The van der Waals surface area contributed by atoms with Crippen LogP contribution in [-0.2, 0) is 4.79 Å². The summed E-state index contributed by atoms with van der Waals surface area (Å²) in [6.45, 7) is 2.97. The molecule has 1 aliphatic heterocycles. The lowest BCUT2D eigenvalue weighted by Gasteiger charge is -2.29. The average Bonchev–Trinajstić information content (AvgIpc) is 3.32. The summed E-state index contributed by atoms with van der Waals surface area (Å²) >= 11 is 0. The number of nitrogens with one attached hydrogen (secondary N) is 1. The molecule has 0 bridgehead atoms. The second-order valence-electron chi connectivity index (χ2n) is 7.55. The van der Waals surface area contributed by atoms with Gasteiger partial charge in [-0.3, -0.25) is 4.79 Å². The van der Waals surface area contributed by atoms with Gasteiger partial charge in [0.1, 0.15) is 17.8 Å². The first-order chi connectivity index (χ1) is 12.5. The Morgan fingerprint density at radius 2 is 2.15 bits per heavy atom. The molecule has 2 unspecified atom stereocenters. The molecule has 7 heteroatoms. The van der Waals surface area contributed by atoms with Crippen molar-refractivity contribution in [3.8, 4) is 6.07 Å². The molecule has 3 atom stereocenters. The minimum atomic E-state index is -0.927. The summed E-state index contributed by atoms with van der Waals surface area (Å²) in [6.07, 6.45) is 4.53. The first-order valence-corrected chi connectivity index (χ1v) is 9.05. The number of likely N-dealkylation sites (tertiary alicyclic amines) is 1. The first kappa shape index (κ1) is 16.9. The SMILES string of the molecule is C[C@H](O)C(=O)N1CC2CC(N(C)c3c(C#N)cnc4[nH]ccc34)CC2C1. The van der Waals surface area contributed by atoms with Gasteiger partial charge in [-0.2, -0.15) is 5.26 Å². The van der Waals surface area contributed by atoms with Crippen LogP contribution in [0.2, 0.25) is 0 Å². The molecule has 26 heavy (non-hydrogen) atoms. The van der Waals surface area contributed by atoms with E-state index in [0.717, 1.165) is 42.7 Å². The van der Waals surface area contributed by atoms with Crippen molar-refractivity contribution in [3.63, 3.8) is 0 Å². The number of hydrogen-bond acceptors (Lipinski definition) is 5. The minimum Gasteiger partial charge on any atom is -0.384 e. The number of pyridine rings is 1. The molecule has 2 aromatic rings. The zero-order valence-electron chi connectivity index (χ0n) is 15.0. The summed E-state index contributed by atoms with van der Waals surface area (Å²) in [5.74, 6) is 0.748. The van der Waals surface area contributed by atoms with Crippen LogP contribution >= 0.6 is 0 Å². The van der Waals surface area contributed by atoms with E-state index in [4.69, 9.17) is 0 Å². The summed E-state index contributed by atoms with van der Waals surface area (Å²) in [7, 11) is 2.05. The topological polar surface area (TPSA) is 96.2 Å². The van der Waals surface area contributed by atoms with Crippen molar-refractivity contribution in [2.24, 2.45) is 11.8 Å². The van der Waals surface area contributed by atoms with Crippen LogP contribution in [0.25, 0.3) is 11.0 Å². The molecule has 0 spiro atoms. The summed E-state index contributed by atoms with van der Waals surface area (Å²) in [6, 6.07) is 4.57. The van der Waals surface area contributed by atoms with Crippen LogP contribution in [-0.4, -0.2) is 58.2 Å². The third-order valence-corrected chi connectivity index (χ3v) is 5.97. The normalized spacial score (nSPS) is 25.9.